The Bertz CT molecular complexity index is 823. The number of benzene rings is 2. The molecule has 1 fully saturated rings. The summed E-state index contributed by atoms with van der Waals surface area (Å²) in [6.45, 7) is 3.11. The second-order valence-corrected chi connectivity index (χ2v) is 6.83. The van der Waals surface area contributed by atoms with Crippen LogP contribution in [0.5, 0.6) is 0 Å². The smallest absolute Gasteiger partial charge is 0.270 e. The summed E-state index contributed by atoms with van der Waals surface area (Å²) < 4.78 is 27.8. The Morgan fingerprint density at radius 2 is 1.68 bits per heavy atom. The summed E-state index contributed by atoms with van der Waals surface area (Å²) in [6.07, 6.45) is 2.35. The molecular weight excluding hydrogens is 322 g/mol. The third-order valence-electron chi connectivity index (χ3n) is 5.05. The predicted molar refractivity (Wildman–Crippen MR) is 94.4 cm³/mol. The molecule has 0 saturated carbocycles. The summed E-state index contributed by atoms with van der Waals surface area (Å²) in [6, 6.07) is 12.4. The normalized spacial score (nSPS) is 17.3. The Morgan fingerprint density at radius 3 is 2.40 bits per heavy atom. The Hall–Kier alpha value is -2.43. The molecule has 0 N–H and O–H groups in total. The van der Waals surface area contributed by atoms with Crippen LogP contribution >= 0.6 is 0 Å². The SMILES string of the molecule is CC(F)(F)c1cccc2c1CN(c1cccc(N3CCCC3)c1)C2=O. The summed E-state index contributed by atoms with van der Waals surface area (Å²) in [5.74, 6) is -3.17. The third kappa shape index (κ3) is 2.77. The molecule has 0 spiro atoms. The second-order valence-electron chi connectivity index (χ2n) is 6.83. The molecular formula is C20H20F2N2O. The number of fused-ring (bicyclic) bond motifs is 1. The van der Waals surface area contributed by atoms with Crippen molar-refractivity contribution >= 4 is 17.3 Å². The van der Waals surface area contributed by atoms with Gasteiger partial charge in [-0.05, 0) is 42.7 Å². The lowest BCUT2D eigenvalue weighted by molar-refractivity contribution is 0.0166. The van der Waals surface area contributed by atoms with Crippen molar-refractivity contribution in [1.29, 1.82) is 0 Å². The van der Waals surface area contributed by atoms with Crippen molar-refractivity contribution in [2.24, 2.45) is 0 Å². The zero-order valence-corrected chi connectivity index (χ0v) is 14.1. The molecule has 5 heteroatoms. The first kappa shape index (κ1) is 16.1. The van der Waals surface area contributed by atoms with Crippen molar-refractivity contribution in [3.8, 4) is 0 Å². The van der Waals surface area contributed by atoms with E-state index in [4.69, 9.17) is 0 Å². The van der Waals surface area contributed by atoms with E-state index in [0.717, 1.165) is 31.4 Å². The molecule has 0 radical (unpaired) electrons. The molecule has 0 atom stereocenters. The highest BCUT2D eigenvalue weighted by molar-refractivity contribution is 6.10. The number of carbonyl (C=O) groups excluding carboxylic acids is 1. The lowest BCUT2D eigenvalue weighted by atomic mass is 9.99. The minimum absolute atomic E-state index is 0.0588. The fraction of sp³-hybridized carbons (Fsp3) is 0.350. The van der Waals surface area contributed by atoms with Crippen LogP contribution in [0.1, 0.15) is 41.3 Å². The minimum Gasteiger partial charge on any atom is -0.371 e. The summed E-state index contributed by atoms with van der Waals surface area (Å²) in [4.78, 5) is 16.7. The van der Waals surface area contributed by atoms with E-state index in [9.17, 15) is 13.6 Å². The zero-order valence-electron chi connectivity index (χ0n) is 14.1. The van der Waals surface area contributed by atoms with Gasteiger partial charge < -0.3 is 9.80 Å². The molecule has 0 bridgehead atoms. The Balaban J connectivity index is 1.69. The Morgan fingerprint density at radius 1 is 1.00 bits per heavy atom. The predicted octanol–water partition coefficient (Wildman–Crippen LogP) is 4.56. The molecule has 0 unspecified atom stereocenters. The van der Waals surface area contributed by atoms with Crippen LogP contribution in [-0.4, -0.2) is 19.0 Å². The molecule has 1 amide bonds. The van der Waals surface area contributed by atoms with Gasteiger partial charge in [-0.15, -0.1) is 0 Å². The third-order valence-corrected chi connectivity index (χ3v) is 5.05. The topological polar surface area (TPSA) is 23.6 Å². The molecule has 2 aromatic carbocycles. The summed E-state index contributed by atoms with van der Waals surface area (Å²) in [5.41, 5.74) is 2.60. The van der Waals surface area contributed by atoms with Crippen LogP contribution in [0.3, 0.4) is 0 Å². The van der Waals surface area contributed by atoms with E-state index in [-0.39, 0.29) is 18.0 Å². The molecule has 130 valence electrons. The number of rotatable bonds is 3. The van der Waals surface area contributed by atoms with Gasteiger partial charge >= 0.3 is 0 Å². The van der Waals surface area contributed by atoms with E-state index >= 15 is 0 Å². The van der Waals surface area contributed by atoms with E-state index in [1.807, 2.05) is 24.3 Å². The molecule has 1 saturated heterocycles. The van der Waals surface area contributed by atoms with Gasteiger partial charge in [0.15, 0.2) is 0 Å². The number of alkyl halides is 2. The number of amides is 1. The number of halogens is 2. The standard InChI is InChI=1S/C20H20F2N2O/c1-20(21,22)18-9-5-8-16-17(18)13-24(19(16)25)15-7-4-6-14(12-15)23-10-2-3-11-23/h4-9,12H,2-3,10-11,13H2,1H3. The maximum absolute atomic E-state index is 13.9. The van der Waals surface area contributed by atoms with Gasteiger partial charge in [-0.2, -0.15) is 0 Å². The van der Waals surface area contributed by atoms with E-state index in [1.54, 1.807) is 11.0 Å². The van der Waals surface area contributed by atoms with Gasteiger partial charge in [-0.25, -0.2) is 8.78 Å². The first-order chi connectivity index (χ1) is 11.9. The van der Waals surface area contributed by atoms with E-state index in [0.29, 0.717) is 11.1 Å². The van der Waals surface area contributed by atoms with Crippen molar-refractivity contribution in [2.75, 3.05) is 22.9 Å². The molecule has 25 heavy (non-hydrogen) atoms. The van der Waals surface area contributed by atoms with Gasteiger partial charge in [-0.1, -0.05) is 18.2 Å². The lowest BCUT2D eigenvalue weighted by Gasteiger charge is -2.22. The maximum atomic E-state index is 13.9. The number of hydrogen-bond acceptors (Lipinski definition) is 2. The molecule has 4 rings (SSSR count). The monoisotopic (exact) mass is 342 g/mol. The summed E-state index contributed by atoms with van der Waals surface area (Å²) in [5, 5.41) is 0. The van der Waals surface area contributed by atoms with Crippen LogP contribution in [0.25, 0.3) is 0 Å². The Kier molecular flexibility index (Phi) is 3.74. The van der Waals surface area contributed by atoms with Gasteiger partial charge in [0.05, 0.1) is 6.54 Å². The van der Waals surface area contributed by atoms with Crippen molar-refractivity contribution in [2.45, 2.75) is 32.2 Å². The van der Waals surface area contributed by atoms with Crippen molar-refractivity contribution in [3.05, 3.63) is 59.2 Å². The zero-order chi connectivity index (χ0) is 17.6. The summed E-state index contributed by atoms with van der Waals surface area (Å²) >= 11 is 0. The second kappa shape index (κ2) is 5.83. The highest BCUT2D eigenvalue weighted by Crippen LogP contribution is 2.38. The molecule has 2 aromatic rings. The Labute approximate surface area is 145 Å². The number of nitrogens with zero attached hydrogens (tertiary/aromatic N) is 2. The van der Waals surface area contributed by atoms with Crippen LogP contribution in [0.15, 0.2) is 42.5 Å². The van der Waals surface area contributed by atoms with Crippen molar-refractivity contribution in [3.63, 3.8) is 0 Å². The average molecular weight is 342 g/mol. The fourth-order valence-electron chi connectivity index (χ4n) is 3.79. The molecule has 0 aliphatic carbocycles. The number of hydrogen-bond donors (Lipinski definition) is 0. The first-order valence-corrected chi connectivity index (χ1v) is 8.62. The first-order valence-electron chi connectivity index (χ1n) is 8.62. The minimum atomic E-state index is -2.96. The van der Waals surface area contributed by atoms with Crippen LogP contribution in [-0.2, 0) is 12.5 Å². The van der Waals surface area contributed by atoms with Crippen LogP contribution in [0.2, 0.25) is 0 Å². The van der Waals surface area contributed by atoms with E-state index < -0.39 is 5.92 Å². The van der Waals surface area contributed by atoms with Crippen LogP contribution < -0.4 is 9.80 Å². The van der Waals surface area contributed by atoms with Gasteiger partial charge in [0, 0.05) is 42.5 Å². The molecule has 2 aliphatic heterocycles. The lowest BCUT2D eigenvalue weighted by Crippen LogP contribution is -2.24. The largest absolute Gasteiger partial charge is 0.371 e. The number of carbonyl (C=O) groups is 1. The van der Waals surface area contributed by atoms with E-state index in [1.165, 1.54) is 25.0 Å². The molecule has 3 nitrogen and oxygen atoms in total. The van der Waals surface area contributed by atoms with Gasteiger partial charge in [0.2, 0.25) is 0 Å². The van der Waals surface area contributed by atoms with Crippen LogP contribution in [0.4, 0.5) is 20.2 Å². The fourth-order valence-corrected chi connectivity index (χ4v) is 3.79. The van der Waals surface area contributed by atoms with Gasteiger partial charge in [-0.3, -0.25) is 4.79 Å². The van der Waals surface area contributed by atoms with E-state index in [2.05, 4.69) is 4.90 Å². The molecule has 2 aliphatic rings. The van der Waals surface area contributed by atoms with Gasteiger partial charge in [0.1, 0.15) is 0 Å². The highest BCUT2D eigenvalue weighted by atomic mass is 19.3. The average Bonchev–Trinajstić information content (AvgIpc) is 3.23. The molecule has 2 heterocycles. The van der Waals surface area contributed by atoms with Gasteiger partial charge in [0.25, 0.3) is 11.8 Å². The van der Waals surface area contributed by atoms with Crippen LogP contribution in [0, 0.1) is 0 Å². The maximum Gasteiger partial charge on any atom is 0.270 e. The molecule has 0 aromatic heterocycles. The van der Waals surface area contributed by atoms with Crippen molar-refractivity contribution in [1.82, 2.24) is 0 Å². The van der Waals surface area contributed by atoms with Crippen molar-refractivity contribution < 1.29 is 13.6 Å². The highest BCUT2D eigenvalue weighted by Gasteiger charge is 2.36. The number of anilines is 2. The summed E-state index contributed by atoms with van der Waals surface area (Å²) in [7, 11) is 0. The quantitative estimate of drug-likeness (QED) is 0.816.